The van der Waals surface area contributed by atoms with E-state index in [1.807, 2.05) is 0 Å². The average Bonchev–Trinajstić information content (AvgIpc) is 3.44. The fraction of sp³-hybridized carbons (Fsp3) is 0.889. The van der Waals surface area contributed by atoms with E-state index in [0.717, 1.165) is 51.4 Å². The Morgan fingerprint density at radius 2 is 0.641 bits per heavy atom. The summed E-state index contributed by atoms with van der Waals surface area (Å²) in [5.74, 6) is -0.0264. The smallest absolute Gasteiger partial charge is 0.305 e. The number of carbonyl (C=O) groups is 2. The molecule has 0 rings (SSSR count). The summed E-state index contributed by atoms with van der Waals surface area (Å²) in [5, 5.41) is 23.3. The maximum Gasteiger partial charge on any atom is 0.305 e. The van der Waals surface area contributed by atoms with Crippen LogP contribution in [-0.2, 0) is 14.3 Å². The molecule has 0 saturated heterocycles. The minimum atomic E-state index is -0.662. The van der Waals surface area contributed by atoms with Crippen LogP contribution in [0.1, 0.15) is 386 Å². The van der Waals surface area contributed by atoms with Crippen LogP contribution in [-0.4, -0.2) is 47.4 Å². The highest BCUT2D eigenvalue weighted by Gasteiger charge is 2.20. The van der Waals surface area contributed by atoms with Gasteiger partial charge in [0, 0.05) is 12.8 Å². The van der Waals surface area contributed by atoms with Gasteiger partial charge in [-0.15, -0.1) is 0 Å². The highest BCUT2D eigenvalue weighted by Crippen LogP contribution is 2.18. The molecule has 6 heteroatoms. The van der Waals surface area contributed by atoms with Gasteiger partial charge in [0.1, 0.15) is 0 Å². The number of hydrogen-bond acceptors (Lipinski definition) is 5. The van der Waals surface area contributed by atoms with E-state index in [9.17, 15) is 19.8 Å². The Hall–Kier alpha value is -1.92. The van der Waals surface area contributed by atoms with E-state index < -0.39 is 12.1 Å². The minimum Gasteiger partial charge on any atom is -0.466 e. The van der Waals surface area contributed by atoms with Crippen LogP contribution >= 0.6 is 0 Å². The summed E-state index contributed by atoms with van der Waals surface area (Å²) in [6.07, 6.45) is 86.2. The molecule has 0 aromatic carbocycles. The number of aliphatic hydroxyl groups is 2. The highest BCUT2D eigenvalue weighted by molar-refractivity contribution is 5.76. The third-order valence-electron chi connectivity index (χ3n) is 16.4. The number of allylic oxidation sites excluding steroid dienone is 6. The van der Waals surface area contributed by atoms with E-state index in [4.69, 9.17) is 4.74 Å². The SMILES string of the molecule is CCCCCC/C=C\C/C=C\CCCCCCCC(=O)OCCCCCCCCCCCCCC/C=C\CCCCCCCCCCCCCCCCCC(=O)NC(CO)C(O)CCCCCCCCCCCCCCCC. The van der Waals surface area contributed by atoms with Crippen LogP contribution in [0.3, 0.4) is 0 Å². The molecule has 0 aromatic heterocycles. The fourth-order valence-corrected chi connectivity index (χ4v) is 11.0. The largest absolute Gasteiger partial charge is 0.466 e. The molecule has 0 aliphatic rings. The lowest BCUT2D eigenvalue weighted by atomic mass is 10.0. The monoisotopic (exact) mass is 1100 g/mol. The molecule has 2 unspecified atom stereocenters. The molecular weight excluding hydrogens is 959 g/mol. The first kappa shape index (κ1) is 76.1. The van der Waals surface area contributed by atoms with Gasteiger partial charge < -0.3 is 20.3 Å². The van der Waals surface area contributed by atoms with Crippen molar-refractivity contribution in [1.29, 1.82) is 0 Å². The molecule has 78 heavy (non-hydrogen) atoms. The lowest BCUT2D eigenvalue weighted by Crippen LogP contribution is -2.45. The van der Waals surface area contributed by atoms with Crippen LogP contribution < -0.4 is 5.32 Å². The summed E-state index contributed by atoms with van der Waals surface area (Å²) >= 11 is 0. The molecule has 1 amide bonds. The number of ether oxygens (including phenoxy) is 1. The zero-order valence-electron chi connectivity index (χ0n) is 52.7. The summed E-state index contributed by atoms with van der Waals surface area (Å²) in [7, 11) is 0. The van der Waals surface area contributed by atoms with Gasteiger partial charge in [0.25, 0.3) is 0 Å². The van der Waals surface area contributed by atoms with Gasteiger partial charge in [0.15, 0.2) is 0 Å². The van der Waals surface area contributed by atoms with Crippen LogP contribution in [0.5, 0.6) is 0 Å². The third kappa shape index (κ3) is 63.3. The molecule has 6 nitrogen and oxygen atoms in total. The predicted molar refractivity (Wildman–Crippen MR) is 343 cm³/mol. The van der Waals surface area contributed by atoms with Gasteiger partial charge in [-0.3, -0.25) is 9.59 Å². The molecule has 0 heterocycles. The topological polar surface area (TPSA) is 95.9 Å². The first-order chi connectivity index (χ1) is 38.5. The molecule has 0 bridgehead atoms. The van der Waals surface area contributed by atoms with Gasteiger partial charge >= 0.3 is 5.97 Å². The summed E-state index contributed by atoms with van der Waals surface area (Å²) in [5.41, 5.74) is 0. The zero-order chi connectivity index (χ0) is 56.4. The molecular formula is C72H137NO5. The summed E-state index contributed by atoms with van der Waals surface area (Å²) < 4.78 is 5.49. The highest BCUT2D eigenvalue weighted by atomic mass is 16.5. The number of nitrogens with one attached hydrogen (secondary N) is 1. The summed E-state index contributed by atoms with van der Waals surface area (Å²) in [6, 6.07) is -0.539. The van der Waals surface area contributed by atoms with E-state index in [2.05, 4.69) is 55.6 Å². The molecule has 0 fully saturated rings. The third-order valence-corrected chi connectivity index (χ3v) is 16.4. The molecule has 0 radical (unpaired) electrons. The first-order valence-electron chi connectivity index (χ1n) is 35.2. The lowest BCUT2D eigenvalue weighted by Gasteiger charge is -2.22. The molecule has 0 aliphatic heterocycles. The summed E-state index contributed by atoms with van der Waals surface area (Å²) in [6.45, 7) is 4.95. The van der Waals surface area contributed by atoms with E-state index >= 15 is 0 Å². The molecule has 0 spiro atoms. The van der Waals surface area contributed by atoms with Crippen molar-refractivity contribution in [2.24, 2.45) is 0 Å². The second kappa shape index (κ2) is 67.6. The Labute approximate surface area is 487 Å². The number of esters is 1. The second-order valence-corrected chi connectivity index (χ2v) is 24.2. The number of unbranched alkanes of at least 4 members (excludes halogenated alkanes) is 49. The fourth-order valence-electron chi connectivity index (χ4n) is 11.0. The summed E-state index contributed by atoms with van der Waals surface area (Å²) in [4.78, 5) is 24.6. The van der Waals surface area contributed by atoms with Crippen LogP contribution in [0.2, 0.25) is 0 Å². The Morgan fingerprint density at radius 3 is 1.00 bits per heavy atom. The van der Waals surface area contributed by atoms with E-state index in [1.165, 1.54) is 302 Å². The van der Waals surface area contributed by atoms with Crippen molar-refractivity contribution in [3.05, 3.63) is 36.5 Å². The van der Waals surface area contributed by atoms with Gasteiger partial charge in [0.05, 0.1) is 25.4 Å². The normalized spacial score (nSPS) is 12.7. The maximum atomic E-state index is 12.5. The van der Waals surface area contributed by atoms with Gasteiger partial charge in [-0.25, -0.2) is 0 Å². The van der Waals surface area contributed by atoms with Crippen molar-refractivity contribution >= 4 is 11.9 Å². The van der Waals surface area contributed by atoms with Crippen molar-refractivity contribution in [2.45, 2.75) is 398 Å². The number of carbonyl (C=O) groups excluding carboxylic acids is 2. The van der Waals surface area contributed by atoms with Gasteiger partial charge in [-0.1, -0.05) is 326 Å². The minimum absolute atomic E-state index is 0.00450. The van der Waals surface area contributed by atoms with Crippen LogP contribution in [0, 0.1) is 0 Å². The van der Waals surface area contributed by atoms with Gasteiger partial charge in [-0.2, -0.15) is 0 Å². The van der Waals surface area contributed by atoms with Gasteiger partial charge in [0.2, 0.25) is 5.91 Å². The Morgan fingerprint density at radius 1 is 0.359 bits per heavy atom. The number of rotatable bonds is 66. The lowest BCUT2D eigenvalue weighted by molar-refractivity contribution is -0.143. The van der Waals surface area contributed by atoms with E-state index in [-0.39, 0.29) is 18.5 Å². The molecule has 460 valence electrons. The number of amides is 1. The van der Waals surface area contributed by atoms with Crippen molar-refractivity contribution in [3.63, 3.8) is 0 Å². The standard InChI is InChI=1S/C72H137NO5/c1-3-5-7-9-11-13-15-17-19-38-42-46-50-54-58-62-66-72(77)78-67-63-59-55-51-47-43-39-36-34-32-30-28-26-24-22-20-21-23-25-27-29-31-33-35-37-41-45-49-53-57-61-65-71(76)73-69(68-74)70(75)64-60-56-52-48-44-40-18-16-14-12-10-8-6-4-2/h13,15,19,22,24,38,69-70,74-75H,3-12,14,16-18,20-21,23,25-37,39-68H2,1-2H3,(H,73,76)/b15-13-,24-22-,38-19-. The quantitative estimate of drug-likeness (QED) is 0.0320. The van der Waals surface area contributed by atoms with Crippen LogP contribution in [0.25, 0.3) is 0 Å². The number of aliphatic hydroxyl groups excluding tert-OH is 2. The van der Waals surface area contributed by atoms with E-state index in [1.54, 1.807) is 0 Å². The Balaban J connectivity index is 3.35. The van der Waals surface area contributed by atoms with Crippen molar-refractivity contribution in [1.82, 2.24) is 5.32 Å². The number of hydrogen-bond donors (Lipinski definition) is 3. The van der Waals surface area contributed by atoms with Gasteiger partial charge in [-0.05, 0) is 83.5 Å². The van der Waals surface area contributed by atoms with Crippen LogP contribution in [0.15, 0.2) is 36.5 Å². The predicted octanol–water partition coefficient (Wildman–Crippen LogP) is 22.7. The van der Waals surface area contributed by atoms with Crippen molar-refractivity contribution in [2.75, 3.05) is 13.2 Å². The van der Waals surface area contributed by atoms with E-state index in [0.29, 0.717) is 25.9 Å². The molecule has 0 aliphatic carbocycles. The first-order valence-corrected chi connectivity index (χ1v) is 35.2. The Kier molecular flexibility index (Phi) is 65.9. The molecule has 3 N–H and O–H groups in total. The molecule has 0 saturated carbocycles. The second-order valence-electron chi connectivity index (χ2n) is 24.2. The maximum absolute atomic E-state index is 12.5. The zero-order valence-corrected chi connectivity index (χ0v) is 52.7. The van der Waals surface area contributed by atoms with Crippen molar-refractivity contribution < 1.29 is 24.5 Å². The molecule has 2 atom stereocenters. The van der Waals surface area contributed by atoms with Crippen LogP contribution in [0.4, 0.5) is 0 Å². The molecule has 0 aromatic rings. The van der Waals surface area contributed by atoms with Crippen molar-refractivity contribution in [3.8, 4) is 0 Å². The Bertz CT molecular complexity index is 1260. The average molecular weight is 1100 g/mol.